The van der Waals surface area contributed by atoms with Crippen LogP contribution in [0, 0.1) is 5.92 Å². The largest absolute Gasteiger partial charge is 0.392 e. The highest BCUT2D eigenvalue weighted by atomic mass is 19.4. The zero-order chi connectivity index (χ0) is 20.0. The van der Waals surface area contributed by atoms with Gasteiger partial charge in [0.25, 0.3) is 0 Å². The van der Waals surface area contributed by atoms with Crippen molar-refractivity contribution >= 4 is 0 Å². The standard InChI is InChI=1S/C24H30F3N/c1-2-15-28(17-14-19-7-4-3-5-8-19)16-6-9-20-10-12-21(13-11-20)22-18-23(22)24(25,26)27/h3-5,7-8,10-13,22-23H,2,6,9,14-18H2,1H3. The van der Waals surface area contributed by atoms with Crippen LogP contribution >= 0.6 is 0 Å². The highest BCUT2D eigenvalue weighted by Crippen LogP contribution is 2.56. The summed E-state index contributed by atoms with van der Waals surface area (Å²) in [6, 6.07) is 18.4. The number of aryl methyl sites for hydroxylation is 1. The Bertz CT molecular complexity index is 709. The molecule has 0 N–H and O–H groups in total. The molecular formula is C24H30F3N. The van der Waals surface area contributed by atoms with Crippen molar-refractivity contribution in [1.82, 2.24) is 4.90 Å². The molecular weight excluding hydrogens is 359 g/mol. The summed E-state index contributed by atoms with van der Waals surface area (Å²) >= 11 is 0. The Morgan fingerprint density at radius 1 is 0.857 bits per heavy atom. The molecule has 2 aromatic rings. The van der Waals surface area contributed by atoms with Crippen LogP contribution in [0.25, 0.3) is 0 Å². The van der Waals surface area contributed by atoms with Crippen molar-refractivity contribution < 1.29 is 13.2 Å². The first-order valence-electron chi connectivity index (χ1n) is 10.4. The van der Waals surface area contributed by atoms with Crippen LogP contribution in [0.1, 0.15) is 48.8 Å². The predicted octanol–water partition coefficient (Wildman–Crippen LogP) is 6.24. The molecule has 0 saturated heterocycles. The molecule has 2 aromatic carbocycles. The van der Waals surface area contributed by atoms with Crippen molar-refractivity contribution in [3.8, 4) is 0 Å². The number of hydrogen-bond donors (Lipinski definition) is 0. The molecule has 3 rings (SSSR count). The summed E-state index contributed by atoms with van der Waals surface area (Å²) in [7, 11) is 0. The molecule has 2 atom stereocenters. The number of benzene rings is 2. The smallest absolute Gasteiger partial charge is 0.303 e. The summed E-state index contributed by atoms with van der Waals surface area (Å²) in [6.45, 7) is 5.44. The minimum Gasteiger partial charge on any atom is -0.303 e. The molecule has 4 heteroatoms. The molecule has 1 nitrogen and oxygen atoms in total. The summed E-state index contributed by atoms with van der Waals surface area (Å²) in [4.78, 5) is 2.51. The summed E-state index contributed by atoms with van der Waals surface area (Å²) < 4.78 is 38.2. The highest BCUT2D eigenvalue weighted by Gasteiger charge is 2.55. The van der Waals surface area contributed by atoms with E-state index in [0.29, 0.717) is 0 Å². The van der Waals surface area contributed by atoms with Gasteiger partial charge in [-0.25, -0.2) is 0 Å². The molecule has 1 aliphatic rings. The van der Waals surface area contributed by atoms with E-state index in [9.17, 15) is 13.2 Å². The first-order valence-corrected chi connectivity index (χ1v) is 10.4. The summed E-state index contributed by atoms with van der Waals surface area (Å²) in [5.41, 5.74) is 3.42. The maximum atomic E-state index is 12.7. The van der Waals surface area contributed by atoms with Gasteiger partial charge in [0.1, 0.15) is 0 Å². The normalized spacial score (nSPS) is 19.2. The third kappa shape index (κ3) is 6.10. The van der Waals surface area contributed by atoms with Gasteiger partial charge in [-0.1, -0.05) is 61.5 Å². The van der Waals surface area contributed by atoms with Crippen LogP contribution in [0.15, 0.2) is 54.6 Å². The van der Waals surface area contributed by atoms with Gasteiger partial charge >= 0.3 is 6.18 Å². The minimum absolute atomic E-state index is 0.246. The second-order valence-electron chi connectivity index (χ2n) is 7.91. The van der Waals surface area contributed by atoms with Crippen molar-refractivity contribution in [1.29, 1.82) is 0 Å². The summed E-state index contributed by atoms with van der Waals surface area (Å²) in [5.74, 6) is -1.46. The molecule has 1 aliphatic carbocycles. The van der Waals surface area contributed by atoms with Gasteiger partial charge in [0.05, 0.1) is 5.92 Å². The maximum absolute atomic E-state index is 12.7. The number of nitrogens with zero attached hydrogens (tertiary/aromatic N) is 1. The average Bonchev–Trinajstić information content (AvgIpc) is 3.49. The van der Waals surface area contributed by atoms with Crippen LogP contribution in [-0.2, 0) is 12.8 Å². The lowest BCUT2D eigenvalue weighted by Gasteiger charge is -2.21. The molecule has 1 saturated carbocycles. The minimum atomic E-state index is -4.05. The Hall–Kier alpha value is -1.81. The zero-order valence-electron chi connectivity index (χ0n) is 16.6. The number of alkyl halides is 3. The summed E-state index contributed by atoms with van der Waals surface area (Å²) in [5, 5.41) is 0. The Balaban J connectivity index is 1.42. The van der Waals surface area contributed by atoms with E-state index < -0.39 is 12.1 Å². The van der Waals surface area contributed by atoms with Crippen LogP contribution in [0.2, 0.25) is 0 Å². The van der Waals surface area contributed by atoms with Crippen LogP contribution < -0.4 is 0 Å². The molecule has 1 fully saturated rings. The Kier molecular flexibility index (Phi) is 7.17. The lowest BCUT2D eigenvalue weighted by Crippen LogP contribution is -2.28. The van der Waals surface area contributed by atoms with Crippen molar-refractivity contribution in [2.75, 3.05) is 19.6 Å². The molecule has 0 aliphatic heterocycles. The van der Waals surface area contributed by atoms with Gasteiger partial charge in [0, 0.05) is 6.54 Å². The van der Waals surface area contributed by atoms with Crippen molar-refractivity contribution in [3.05, 3.63) is 71.3 Å². The van der Waals surface area contributed by atoms with Crippen LogP contribution in [0.4, 0.5) is 13.2 Å². The van der Waals surface area contributed by atoms with Gasteiger partial charge in [-0.05, 0) is 67.8 Å². The van der Waals surface area contributed by atoms with E-state index in [2.05, 4.69) is 36.1 Å². The van der Waals surface area contributed by atoms with Gasteiger partial charge in [-0.15, -0.1) is 0 Å². The van der Waals surface area contributed by atoms with E-state index in [4.69, 9.17) is 0 Å². The fourth-order valence-corrected chi connectivity index (χ4v) is 3.95. The fourth-order valence-electron chi connectivity index (χ4n) is 3.95. The predicted molar refractivity (Wildman–Crippen MR) is 109 cm³/mol. The molecule has 0 heterocycles. The first-order chi connectivity index (χ1) is 13.5. The third-order valence-corrected chi connectivity index (χ3v) is 5.66. The second-order valence-corrected chi connectivity index (χ2v) is 7.91. The fraction of sp³-hybridized carbons (Fsp3) is 0.500. The van der Waals surface area contributed by atoms with Gasteiger partial charge in [0.2, 0.25) is 0 Å². The molecule has 0 spiro atoms. The average molecular weight is 390 g/mol. The van der Waals surface area contributed by atoms with Crippen LogP contribution in [0.3, 0.4) is 0 Å². The quantitative estimate of drug-likeness (QED) is 0.465. The molecule has 0 aromatic heterocycles. The maximum Gasteiger partial charge on any atom is 0.392 e. The number of hydrogen-bond acceptors (Lipinski definition) is 1. The summed E-state index contributed by atoms with van der Waals surface area (Å²) in [6.07, 6.45) is 0.451. The second kappa shape index (κ2) is 9.60. The topological polar surface area (TPSA) is 3.24 Å². The molecule has 2 unspecified atom stereocenters. The Morgan fingerprint density at radius 2 is 1.54 bits per heavy atom. The van der Waals surface area contributed by atoms with Gasteiger partial charge in [-0.3, -0.25) is 0 Å². The van der Waals surface area contributed by atoms with E-state index in [1.165, 1.54) is 11.1 Å². The van der Waals surface area contributed by atoms with E-state index in [1.54, 1.807) is 0 Å². The van der Waals surface area contributed by atoms with Gasteiger partial charge in [0.15, 0.2) is 0 Å². The van der Waals surface area contributed by atoms with Crippen molar-refractivity contribution in [3.63, 3.8) is 0 Å². The van der Waals surface area contributed by atoms with Crippen LogP contribution in [0.5, 0.6) is 0 Å². The van der Waals surface area contributed by atoms with Crippen LogP contribution in [-0.4, -0.2) is 30.7 Å². The molecule has 0 bridgehead atoms. The lowest BCUT2D eigenvalue weighted by molar-refractivity contribution is -0.148. The molecule has 28 heavy (non-hydrogen) atoms. The Labute approximate surface area is 166 Å². The van der Waals surface area contributed by atoms with Gasteiger partial charge < -0.3 is 4.90 Å². The van der Waals surface area contributed by atoms with Gasteiger partial charge in [-0.2, -0.15) is 13.2 Å². The zero-order valence-corrected chi connectivity index (χ0v) is 16.6. The highest BCUT2D eigenvalue weighted by molar-refractivity contribution is 5.30. The van der Waals surface area contributed by atoms with E-state index in [-0.39, 0.29) is 12.3 Å². The van der Waals surface area contributed by atoms with E-state index in [0.717, 1.165) is 50.9 Å². The SMILES string of the molecule is CCCN(CCCc1ccc(C2CC2C(F)(F)F)cc1)CCc1ccccc1. The first kappa shape index (κ1) is 20.9. The number of halogens is 3. The van der Waals surface area contributed by atoms with Crippen molar-refractivity contribution in [2.24, 2.45) is 5.92 Å². The molecule has 152 valence electrons. The lowest BCUT2D eigenvalue weighted by atomic mass is 10.0. The monoisotopic (exact) mass is 389 g/mol. The number of rotatable bonds is 10. The van der Waals surface area contributed by atoms with E-state index >= 15 is 0 Å². The van der Waals surface area contributed by atoms with E-state index in [1.807, 2.05) is 30.3 Å². The Morgan fingerprint density at radius 3 is 2.14 bits per heavy atom. The third-order valence-electron chi connectivity index (χ3n) is 5.66. The molecule has 0 radical (unpaired) electrons. The van der Waals surface area contributed by atoms with Crippen molar-refractivity contribution in [2.45, 2.75) is 51.1 Å². The molecule has 0 amide bonds.